The van der Waals surface area contributed by atoms with Crippen LogP contribution in [0.1, 0.15) is 31.9 Å². The van der Waals surface area contributed by atoms with E-state index in [-0.39, 0.29) is 18.9 Å². The van der Waals surface area contributed by atoms with Crippen LogP contribution in [0.25, 0.3) is 0 Å². The molecule has 0 aliphatic heterocycles. The smallest absolute Gasteiger partial charge is 0.415 e. The molecule has 1 atom stereocenters. The number of carbonyl (C=O) groups excluding carboxylic acids is 1. The van der Waals surface area contributed by atoms with E-state index in [1.807, 2.05) is 39.0 Å². The molecule has 0 spiro atoms. The number of ether oxygens (including phenoxy) is 4. The molecule has 186 valence electrons. The Kier molecular flexibility index (Phi) is 10.7. The lowest BCUT2D eigenvalue weighted by molar-refractivity contribution is -0.149. The second kappa shape index (κ2) is 13.4. The highest BCUT2D eigenvalue weighted by molar-refractivity contribution is 5.73. The van der Waals surface area contributed by atoms with E-state index in [0.717, 1.165) is 11.1 Å². The molecule has 0 aromatic heterocycles. The van der Waals surface area contributed by atoms with Crippen LogP contribution >= 0.6 is 0 Å². The third kappa shape index (κ3) is 8.59. The Morgan fingerprint density at radius 2 is 1.76 bits per heavy atom. The Balaban J connectivity index is 1.95. The van der Waals surface area contributed by atoms with Gasteiger partial charge in [-0.25, -0.2) is 9.59 Å². The number of hydrogen-bond donors (Lipinski definition) is 1. The van der Waals surface area contributed by atoms with Gasteiger partial charge < -0.3 is 29.0 Å². The normalized spacial score (nSPS) is 11.7. The molecule has 0 aliphatic rings. The number of methoxy groups -OCH3 is 1. The fourth-order valence-electron chi connectivity index (χ4n) is 3.35. The summed E-state index contributed by atoms with van der Waals surface area (Å²) in [6, 6.07) is 12.6. The lowest BCUT2D eigenvalue weighted by Gasteiger charge is -2.24. The zero-order valence-corrected chi connectivity index (χ0v) is 20.6. The molecule has 0 fully saturated rings. The number of carboxylic acids is 1. The van der Waals surface area contributed by atoms with Gasteiger partial charge in [-0.2, -0.15) is 0 Å². The van der Waals surface area contributed by atoms with E-state index in [4.69, 9.17) is 18.9 Å². The number of hydrogen-bond acceptors (Lipinski definition) is 6. The van der Waals surface area contributed by atoms with Crippen molar-refractivity contribution in [2.24, 2.45) is 5.92 Å². The molecule has 8 heteroatoms. The fourth-order valence-corrected chi connectivity index (χ4v) is 3.35. The van der Waals surface area contributed by atoms with Crippen LogP contribution in [0, 0.1) is 12.8 Å². The Bertz CT molecular complexity index is 927. The van der Waals surface area contributed by atoms with Gasteiger partial charge in [-0.15, -0.1) is 0 Å². The van der Waals surface area contributed by atoms with Crippen LogP contribution in [0.3, 0.4) is 0 Å². The predicted molar refractivity (Wildman–Crippen MR) is 129 cm³/mol. The maximum Gasteiger partial charge on any atom is 0.415 e. The zero-order valence-electron chi connectivity index (χ0n) is 20.6. The molecule has 34 heavy (non-hydrogen) atoms. The van der Waals surface area contributed by atoms with Crippen molar-refractivity contribution in [3.8, 4) is 17.2 Å². The third-order valence-corrected chi connectivity index (χ3v) is 4.98. The average Bonchev–Trinajstić information content (AvgIpc) is 2.79. The first kappa shape index (κ1) is 27.0. The van der Waals surface area contributed by atoms with Crippen LogP contribution in [0.2, 0.25) is 0 Å². The molecule has 0 saturated heterocycles. The van der Waals surface area contributed by atoms with Crippen molar-refractivity contribution < 1.29 is 33.6 Å². The molecule has 0 saturated carbocycles. The van der Waals surface area contributed by atoms with Gasteiger partial charge in [-0.1, -0.05) is 32.0 Å². The van der Waals surface area contributed by atoms with Crippen molar-refractivity contribution in [2.45, 2.75) is 40.2 Å². The summed E-state index contributed by atoms with van der Waals surface area (Å²) in [6.45, 7) is 9.22. The molecule has 0 aliphatic carbocycles. The summed E-state index contributed by atoms with van der Waals surface area (Å²) in [5, 5.41) is 9.23. The standard InChI is InChI=1S/C26H35NO7/c1-6-32-24(25(28)29)16-20-8-10-21(11-9-20)33-14-13-27(17-18(2)3)26(30)34-23-15-19(4)7-12-22(23)31-5/h7-12,15,18,24H,6,13-14,16-17H2,1-5H3,(H,28,29). The van der Waals surface area contributed by atoms with E-state index in [1.165, 1.54) is 7.11 Å². The van der Waals surface area contributed by atoms with Crippen molar-refractivity contribution >= 4 is 12.1 Å². The maximum absolute atomic E-state index is 12.9. The van der Waals surface area contributed by atoms with Gasteiger partial charge in [0, 0.05) is 19.6 Å². The number of aryl methyl sites for hydroxylation is 1. The second-order valence-electron chi connectivity index (χ2n) is 8.34. The van der Waals surface area contributed by atoms with Gasteiger partial charge in [-0.3, -0.25) is 0 Å². The summed E-state index contributed by atoms with van der Waals surface area (Å²) in [6.07, 6.45) is -1.06. The number of rotatable bonds is 13. The predicted octanol–water partition coefficient (Wildman–Crippen LogP) is 4.57. The highest BCUT2D eigenvalue weighted by Gasteiger charge is 2.20. The molecule has 2 aromatic carbocycles. The number of carbonyl (C=O) groups is 2. The van der Waals surface area contributed by atoms with Gasteiger partial charge in [-0.05, 0) is 55.2 Å². The number of nitrogens with zero attached hydrogens (tertiary/aromatic N) is 1. The van der Waals surface area contributed by atoms with Crippen molar-refractivity contribution in [3.05, 3.63) is 53.6 Å². The molecule has 1 amide bonds. The summed E-state index contributed by atoms with van der Waals surface area (Å²) in [7, 11) is 1.53. The summed E-state index contributed by atoms with van der Waals surface area (Å²) in [5.41, 5.74) is 1.80. The highest BCUT2D eigenvalue weighted by Crippen LogP contribution is 2.28. The molecular formula is C26H35NO7. The molecule has 0 bridgehead atoms. The second-order valence-corrected chi connectivity index (χ2v) is 8.34. The first-order valence-electron chi connectivity index (χ1n) is 11.4. The minimum Gasteiger partial charge on any atom is -0.493 e. The van der Waals surface area contributed by atoms with Crippen molar-refractivity contribution in [1.82, 2.24) is 4.90 Å². The van der Waals surface area contributed by atoms with Gasteiger partial charge in [0.2, 0.25) is 0 Å². The van der Waals surface area contributed by atoms with Crippen LogP contribution in [-0.2, 0) is 16.0 Å². The highest BCUT2D eigenvalue weighted by atomic mass is 16.6. The minimum atomic E-state index is -0.984. The number of amides is 1. The maximum atomic E-state index is 12.9. The molecule has 2 rings (SSSR count). The van der Waals surface area contributed by atoms with Crippen LogP contribution in [0.5, 0.6) is 17.2 Å². The SMILES string of the molecule is CCOC(Cc1ccc(OCCN(CC(C)C)C(=O)Oc2cc(C)ccc2OC)cc1)C(=O)O. The topological polar surface area (TPSA) is 94.5 Å². The number of benzene rings is 2. The molecular weight excluding hydrogens is 438 g/mol. The Morgan fingerprint density at radius 1 is 1.06 bits per heavy atom. The number of carboxylic acid groups (broad SMARTS) is 1. The Morgan fingerprint density at radius 3 is 2.35 bits per heavy atom. The zero-order chi connectivity index (χ0) is 25.1. The van der Waals surface area contributed by atoms with Gasteiger partial charge in [0.25, 0.3) is 0 Å². The Labute approximate surface area is 201 Å². The lowest BCUT2D eigenvalue weighted by Crippen LogP contribution is -2.39. The van der Waals surface area contributed by atoms with E-state index >= 15 is 0 Å². The molecule has 0 radical (unpaired) electrons. The van der Waals surface area contributed by atoms with Gasteiger partial charge in [0.05, 0.1) is 13.7 Å². The summed E-state index contributed by atoms with van der Waals surface area (Å²) in [5.74, 6) is 0.769. The summed E-state index contributed by atoms with van der Waals surface area (Å²) >= 11 is 0. The third-order valence-electron chi connectivity index (χ3n) is 4.98. The van der Waals surface area contributed by atoms with E-state index in [0.29, 0.717) is 36.9 Å². The van der Waals surface area contributed by atoms with Crippen LogP contribution < -0.4 is 14.2 Å². The first-order chi connectivity index (χ1) is 16.2. The minimum absolute atomic E-state index is 0.249. The van der Waals surface area contributed by atoms with E-state index < -0.39 is 18.2 Å². The van der Waals surface area contributed by atoms with E-state index in [9.17, 15) is 14.7 Å². The molecule has 1 N–H and O–H groups in total. The largest absolute Gasteiger partial charge is 0.493 e. The quantitative estimate of drug-likeness (QED) is 0.455. The van der Waals surface area contributed by atoms with Crippen LogP contribution in [-0.4, -0.2) is 61.6 Å². The van der Waals surface area contributed by atoms with Crippen LogP contribution in [0.4, 0.5) is 4.79 Å². The van der Waals surface area contributed by atoms with Gasteiger partial charge >= 0.3 is 12.1 Å². The summed E-state index contributed by atoms with van der Waals surface area (Å²) < 4.78 is 22.0. The van der Waals surface area contributed by atoms with E-state index in [1.54, 1.807) is 36.1 Å². The van der Waals surface area contributed by atoms with Crippen molar-refractivity contribution in [1.29, 1.82) is 0 Å². The lowest BCUT2D eigenvalue weighted by atomic mass is 10.1. The van der Waals surface area contributed by atoms with E-state index in [2.05, 4.69) is 0 Å². The van der Waals surface area contributed by atoms with Crippen LogP contribution in [0.15, 0.2) is 42.5 Å². The molecule has 2 aromatic rings. The molecule has 0 heterocycles. The monoisotopic (exact) mass is 473 g/mol. The van der Waals surface area contributed by atoms with Gasteiger partial charge in [0.1, 0.15) is 12.4 Å². The molecule has 8 nitrogen and oxygen atoms in total. The number of aliphatic carboxylic acids is 1. The fraction of sp³-hybridized carbons (Fsp3) is 0.462. The van der Waals surface area contributed by atoms with Gasteiger partial charge in [0.15, 0.2) is 17.6 Å². The van der Waals surface area contributed by atoms with Crippen molar-refractivity contribution in [2.75, 3.05) is 33.4 Å². The summed E-state index contributed by atoms with van der Waals surface area (Å²) in [4.78, 5) is 25.7. The Hall–Kier alpha value is -3.26. The first-order valence-corrected chi connectivity index (χ1v) is 11.4. The van der Waals surface area contributed by atoms with Crippen molar-refractivity contribution in [3.63, 3.8) is 0 Å². The molecule has 1 unspecified atom stereocenters. The average molecular weight is 474 g/mol.